The van der Waals surface area contributed by atoms with E-state index in [1.165, 1.54) is 16.0 Å². The first-order valence-corrected chi connectivity index (χ1v) is 8.60. The van der Waals surface area contributed by atoms with Crippen LogP contribution < -0.4 is 10.0 Å². The van der Waals surface area contributed by atoms with Crippen LogP contribution in [-0.4, -0.2) is 39.2 Å². The molecule has 0 aromatic rings. The zero-order chi connectivity index (χ0) is 17.2. The number of rotatable bonds is 5. The lowest BCUT2D eigenvalue weighted by Gasteiger charge is -2.43. The third-order valence-electron chi connectivity index (χ3n) is 5.35. The van der Waals surface area contributed by atoms with Gasteiger partial charge in [-0.15, -0.1) is 0 Å². The van der Waals surface area contributed by atoms with Gasteiger partial charge in [-0.1, -0.05) is 25.0 Å². The second-order valence-electron chi connectivity index (χ2n) is 7.88. The van der Waals surface area contributed by atoms with Crippen molar-refractivity contribution in [3.05, 3.63) is 11.1 Å². The Bertz CT molecular complexity index is 507. The molecule has 2 atom stereocenters. The van der Waals surface area contributed by atoms with Gasteiger partial charge in [0.15, 0.2) is 0 Å². The van der Waals surface area contributed by atoms with Gasteiger partial charge in [0.1, 0.15) is 13.2 Å². The first kappa shape index (κ1) is 18.0. The number of carboxylic acids is 1. The molecule has 5 heteroatoms. The molecule has 5 nitrogen and oxygen atoms in total. The van der Waals surface area contributed by atoms with Crippen molar-refractivity contribution in [3.8, 4) is 0 Å². The average molecular weight is 323 g/mol. The van der Waals surface area contributed by atoms with Crippen molar-refractivity contribution in [1.29, 1.82) is 0 Å². The quantitative estimate of drug-likeness (QED) is 0.569. The fourth-order valence-electron chi connectivity index (χ4n) is 3.90. The highest BCUT2D eigenvalue weighted by Gasteiger charge is 2.42. The zero-order valence-corrected chi connectivity index (χ0v) is 14.7. The minimum Gasteiger partial charge on any atom is -0.550 e. The number of nitrogens with one attached hydrogen (secondary N) is 1. The van der Waals surface area contributed by atoms with E-state index in [9.17, 15) is 14.7 Å². The number of allylic oxidation sites excluding steroid dienone is 2. The van der Waals surface area contributed by atoms with Gasteiger partial charge in [-0.25, -0.2) is 0 Å². The average Bonchev–Trinajstić information content (AvgIpc) is 2.45. The maximum Gasteiger partial charge on any atom is 0.310 e. The molecular weight excluding hydrogens is 294 g/mol. The fraction of sp³-hybridized carbons (Fsp3) is 0.778. The summed E-state index contributed by atoms with van der Waals surface area (Å²) in [4.78, 5) is 25.2. The third-order valence-corrected chi connectivity index (χ3v) is 5.35. The number of hydrogen-bond donors (Lipinski definition) is 1. The monoisotopic (exact) mass is 323 g/mol. The van der Waals surface area contributed by atoms with Gasteiger partial charge >= 0.3 is 5.97 Å². The molecule has 2 aliphatic rings. The molecule has 0 bridgehead atoms. The maximum absolute atomic E-state index is 12.4. The van der Waals surface area contributed by atoms with E-state index in [0.29, 0.717) is 26.0 Å². The molecule has 0 heterocycles. The van der Waals surface area contributed by atoms with Gasteiger partial charge in [-0.05, 0) is 37.5 Å². The van der Waals surface area contributed by atoms with Crippen molar-refractivity contribution < 1.29 is 24.3 Å². The Morgan fingerprint density at radius 3 is 2.57 bits per heavy atom. The second-order valence-corrected chi connectivity index (χ2v) is 7.88. The summed E-state index contributed by atoms with van der Waals surface area (Å²) in [6, 6.07) is 0. The van der Waals surface area contributed by atoms with Crippen LogP contribution in [0.4, 0.5) is 0 Å². The lowest BCUT2D eigenvalue weighted by atomic mass is 9.63. The molecule has 2 aliphatic carbocycles. The summed E-state index contributed by atoms with van der Waals surface area (Å²) in [6.45, 7) is 5.43. The molecule has 0 fully saturated rings. The highest BCUT2D eigenvalue weighted by atomic mass is 16.5. The number of carbonyl (C=O) groups excluding carboxylic acids is 2. The first-order valence-electron chi connectivity index (χ1n) is 8.60. The number of aliphatic carboxylic acids is 1. The van der Waals surface area contributed by atoms with Crippen LogP contribution in [0.15, 0.2) is 11.1 Å². The zero-order valence-electron chi connectivity index (χ0n) is 14.7. The molecular formula is C18H29NO4. The Balaban J connectivity index is 2.15. The minimum absolute atomic E-state index is 0.0524. The molecule has 0 spiro atoms. The Kier molecular flexibility index (Phi) is 5.50. The third kappa shape index (κ3) is 4.14. The van der Waals surface area contributed by atoms with Crippen molar-refractivity contribution in [2.75, 3.05) is 27.2 Å². The van der Waals surface area contributed by atoms with E-state index in [4.69, 9.17) is 4.74 Å². The lowest BCUT2D eigenvalue weighted by molar-refractivity contribution is -0.858. The van der Waals surface area contributed by atoms with Gasteiger partial charge in [-0.3, -0.25) is 4.79 Å². The molecule has 0 saturated heterocycles. The van der Waals surface area contributed by atoms with Gasteiger partial charge in [0.2, 0.25) is 0 Å². The molecule has 23 heavy (non-hydrogen) atoms. The van der Waals surface area contributed by atoms with Crippen molar-refractivity contribution in [2.45, 2.75) is 46.0 Å². The smallest absolute Gasteiger partial charge is 0.310 e. The summed E-state index contributed by atoms with van der Waals surface area (Å²) in [7, 11) is 3.97. The van der Waals surface area contributed by atoms with Crippen LogP contribution in [0.25, 0.3) is 0 Å². The molecule has 1 N–H and O–H groups in total. The van der Waals surface area contributed by atoms with E-state index in [2.05, 4.69) is 13.8 Å². The summed E-state index contributed by atoms with van der Waals surface area (Å²) < 4.78 is 5.35. The van der Waals surface area contributed by atoms with E-state index in [1.807, 2.05) is 14.1 Å². The van der Waals surface area contributed by atoms with Crippen LogP contribution in [0.3, 0.4) is 0 Å². The van der Waals surface area contributed by atoms with E-state index in [1.54, 1.807) is 0 Å². The van der Waals surface area contributed by atoms with Gasteiger partial charge in [0.05, 0.1) is 20.0 Å². The molecule has 0 unspecified atom stereocenters. The summed E-state index contributed by atoms with van der Waals surface area (Å²) >= 11 is 0. The Labute approximate surface area is 138 Å². The predicted molar refractivity (Wildman–Crippen MR) is 84.5 cm³/mol. The number of carbonyl (C=O) groups is 2. The van der Waals surface area contributed by atoms with Crippen LogP contribution >= 0.6 is 0 Å². The second kappa shape index (κ2) is 7.04. The predicted octanol–water partition coefficient (Wildman–Crippen LogP) is -0.0431. The molecule has 0 aliphatic heterocycles. The van der Waals surface area contributed by atoms with Crippen molar-refractivity contribution in [2.24, 2.45) is 17.3 Å². The summed E-state index contributed by atoms with van der Waals surface area (Å²) in [5, 5.41) is 11.5. The van der Waals surface area contributed by atoms with Crippen LogP contribution in [0.1, 0.15) is 46.0 Å². The number of quaternary nitrogens is 1. The van der Waals surface area contributed by atoms with Crippen LogP contribution in [0, 0.1) is 17.3 Å². The van der Waals surface area contributed by atoms with Gasteiger partial charge < -0.3 is 19.5 Å². The molecule has 0 radical (unpaired) electrons. The topological polar surface area (TPSA) is 70.9 Å². The largest absolute Gasteiger partial charge is 0.550 e. The lowest BCUT2D eigenvalue weighted by Crippen LogP contribution is -3.06. The van der Waals surface area contributed by atoms with Crippen molar-refractivity contribution in [1.82, 2.24) is 0 Å². The van der Waals surface area contributed by atoms with E-state index >= 15 is 0 Å². The Morgan fingerprint density at radius 1 is 1.26 bits per heavy atom. The summed E-state index contributed by atoms with van der Waals surface area (Å²) in [6.07, 6.45) is 4.09. The van der Waals surface area contributed by atoms with Gasteiger partial charge in [0.25, 0.3) is 0 Å². The van der Waals surface area contributed by atoms with Crippen LogP contribution in [0.2, 0.25) is 0 Å². The van der Waals surface area contributed by atoms with E-state index in [0.717, 1.165) is 19.3 Å². The number of likely N-dealkylation sites (N-methyl/N-ethyl adjacent to an activating group) is 1. The Morgan fingerprint density at radius 2 is 1.96 bits per heavy atom. The maximum atomic E-state index is 12.4. The van der Waals surface area contributed by atoms with E-state index < -0.39 is 17.8 Å². The molecule has 0 aromatic heterocycles. The van der Waals surface area contributed by atoms with Crippen LogP contribution in [-0.2, 0) is 14.3 Å². The standard InChI is InChI=1S/C18H29NO4/c1-18(2)7-5-6-12-10-13(16(20)21)14(11-15(12)18)17(22)23-9-8-19(3)4/h13-14H,5-11H2,1-4H3,(H,20,21)/t13-,14-/m0/s1. The normalized spacial score (nSPS) is 26.8. The summed E-state index contributed by atoms with van der Waals surface area (Å²) in [5.41, 5.74) is 2.57. The number of hydrogen-bond acceptors (Lipinski definition) is 4. The van der Waals surface area contributed by atoms with Crippen molar-refractivity contribution in [3.63, 3.8) is 0 Å². The molecule has 130 valence electrons. The molecule has 0 aromatic carbocycles. The number of ether oxygens (including phenoxy) is 1. The SMILES string of the molecule is C[NH+](C)CCOC(=O)[C@H]1CC2=C(CCCC2(C)C)C[C@@H]1C(=O)[O-]. The summed E-state index contributed by atoms with van der Waals surface area (Å²) in [5.74, 6) is -2.86. The fourth-order valence-corrected chi connectivity index (χ4v) is 3.90. The highest BCUT2D eigenvalue weighted by molar-refractivity contribution is 5.81. The van der Waals surface area contributed by atoms with Gasteiger partial charge in [0, 0.05) is 11.9 Å². The number of esters is 1. The van der Waals surface area contributed by atoms with Crippen LogP contribution in [0.5, 0.6) is 0 Å². The van der Waals surface area contributed by atoms with E-state index in [-0.39, 0.29) is 11.4 Å². The Hall–Kier alpha value is -1.36. The number of carboxylic acid groups (broad SMARTS) is 1. The first-order chi connectivity index (χ1) is 10.7. The molecule has 0 saturated carbocycles. The molecule has 2 rings (SSSR count). The molecule has 0 amide bonds. The minimum atomic E-state index is -1.12. The van der Waals surface area contributed by atoms with Crippen molar-refractivity contribution >= 4 is 11.9 Å². The highest BCUT2D eigenvalue weighted by Crippen LogP contribution is 2.49. The van der Waals surface area contributed by atoms with Gasteiger partial charge in [-0.2, -0.15) is 0 Å².